The third-order valence-electron chi connectivity index (χ3n) is 5.12. The average Bonchev–Trinajstić information content (AvgIpc) is 2.78. The fraction of sp³-hybridized carbons (Fsp3) is 0.389. The Hall–Kier alpha value is -2.83. The van der Waals surface area contributed by atoms with Gasteiger partial charge in [0.15, 0.2) is 11.6 Å². The predicted molar refractivity (Wildman–Crippen MR) is 86.2 cm³/mol. The fourth-order valence-electron chi connectivity index (χ4n) is 3.68. The second kappa shape index (κ2) is 5.08. The van der Waals surface area contributed by atoms with Gasteiger partial charge in [-0.3, -0.25) is 14.4 Å². The quantitative estimate of drug-likeness (QED) is 0.552. The summed E-state index contributed by atoms with van der Waals surface area (Å²) in [6.45, 7) is 5.32. The Kier molecular flexibility index (Phi) is 3.46. The number of carbonyl (C=O) groups excluding carboxylic acids is 3. The maximum atomic E-state index is 13.0. The molecule has 7 heteroatoms. The molecule has 0 aromatic heterocycles. The van der Waals surface area contributed by atoms with Crippen LogP contribution in [0, 0.1) is 12.8 Å². The molecule has 0 bridgehead atoms. The van der Waals surface area contributed by atoms with E-state index in [1.165, 1.54) is 33.8 Å². The number of benzene rings is 1. The van der Waals surface area contributed by atoms with Crippen molar-refractivity contribution >= 4 is 17.3 Å². The number of carbonyl (C=O) groups is 3. The van der Waals surface area contributed by atoms with E-state index in [4.69, 9.17) is 4.74 Å². The summed E-state index contributed by atoms with van der Waals surface area (Å²) in [4.78, 5) is 36.8. The number of ketones is 3. The Morgan fingerprint density at radius 1 is 1.16 bits per heavy atom. The average molecular weight is 346 g/mol. The SMILES string of the molecule is CC(=O)c1c(O)c(C)c(O)c2c1OC1C=C(O)[C@@H](C(C)=O)C(=O)C21C. The largest absolute Gasteiger partial charge is 0.511 e. The molecule has 7 nitrogen and oxygen atoms in total. The lowest BCUT2D eigenvalue weighted by atomic mass is 9.66. The van der Waals surface area contributed by atoms with Crippen molar-refractivity contribution in [2.75, 3.05) is 0 Å². The van der Waals surface area contributed by atoms with Crippen LogP contribution >= 0.6 is 0 Å². The summed E-state index contributed by atoms with van der Waals surface area (Å²) in [5.74, 6) is -4.32. The Bertz CT molecular complexity index is 880. The predicted octanol–water partition coefficient (Wildman–Crippen LogP) is 1.86. The summed E-state index contributed by atoms with van der Waals surface area (Å²) < 4.78 is 5.68. The number of rotatable bonds is 2. The molecule has 3 rings (SSSR count). The van der Waals surface area contributed by atoms with Gasteiger partial charge in [0.25, 0.3) is 0 Å². The smallest absolute Gasteiger partial charge is 0.167 e. The first-order valence-electron chi connectivity index (χ1n) is 7.75. The third-order valence-corrected chi connectivity index (χ3v) is 5.12. The van der Waals surface area contributed by atoms with Gasteiger partial charge in [-0.05, 0) is 33.8 Å². The van der Waals surface area contributed by atoms with E-state index in [1.807, 2.05) is 0 Å². The van der Waals surface area contributed by atoms with Gasteiger partial charge < -0.3 is 20.1 Å². The van der Waals surface area contributed by atoms with Crippen molar-refractivity contribution in [2.24, 2.45) is 5.92 Å². The van der Waals surface area contributed by atoms with Crippen LogP contribution in [0.5, 0.6) is 17.2 Å². The van der Waals surface area contributed by atoms with Crippen LogP contribution in [0.1, 0.15) is 42.3 Å². The van der Waals surface area contributed by atoms with E-state index in [-0.39, 0.29) is 28.2 Å². The van der Waals surface area contributed by atoms with Gasteiger partial charge in [0.05, 0.1) is 5.56 Å². The zero-order valence-electron chi connectivity index (χ0n) is 14.2. The molecule has 0 spiro atoms. The monoisotopic (exact) mass is 346 g/mol. The summed E-state index contributed by atoms with van der Waals surface area (Å²) in [7, 11) is 0. The number of Topliss-reactive ketones (excluding diaryl/α,β-unsaturated/α-hetero) is 3. The van der Waals surface area contributed by atoms with Crippen molar-refractivity contribution in [2.45, 2.75) is 39.2 Å². The first-order chi connectivity index (χ1) is 11.5. The molecule has 0 fully saturated rings. The first kappa shape index (κ1) is 17.0. The highest BCUT2D eigenvalue weighted by molar-refractivity contribution is 6.12. The van der Waals surface area contributed by atoms with E-state index in [0.717, 1.165) is 0 Å². The molecule has 25 heavy (non-hydrogen) atoms. The van der Waals surface area contributed by atoms with Crippen LogP contribution in [0.25, 0.3) is 0 Å². The molecule has 3 N–H and O–H groups in total. The van der Waals surface area contributed by atoms with Crippen molar-refractivity contribution < 1.29 is 34.4 Å². The molecule has 1 aliphatic carbocycles. The number of phenols is 2. The molecule has 2 aliphatic rings. The highest BCUT2D eigenvalue weighted by atomic mass is 16.5. The molecule has 1 aromatic carbocycles. The van der Waals surface area contributed by atoms with Crippen molar-refractivity contribution in [3.63, 3.8) is 0 Å². The van der Waals surface area contributed by atoms with Crippen molar-refractivity contribution in [1.82, 2.24) is 0 Å². The van der Waals surface area contributed by atoms with Gasteiger partial charge in [0.1, 0.15) is 51.8 Å². The molecule has 3 atom stereocenters. The number of allylic oxidation sites excluding steroid dienone is 1. The van der Waals surface area contributed by atoms with E-state index >= 15 is 0 Å². The van der Waals surface area contributed by atoms with Crippen LogP contribution in [0.3, 0.4) is 0 Å². The minimum Gasteiger partial charge on any atom is -0.511 e. The van der Waals surface area contributed by atoms with Crippen LogP contribution in [0.15, 0.2) is 11.8 Å². The number of fused-ring (bicyclic) bond motifs is 3. The van der Waals surface area contributed by atoms with E-state index in [2.05, 4.69) is 0 Å². The molecule has 1 aliphatic heterocycles. The minimum absolute atomic E-state index is 0.0420. The molecule has 1 heterocycles. The van der Waals surface area contributed by atoms with Gasteiger partial charge in [0.2, 0.25) is 0 Å². The Balaban J connectivity index is 2.38. The number of ether oxygens (including phenoxy) is 1. The molecule has 0 amide bonds. The number of hydrogen-bond donors (Lipinski definition) is 3. The lowest BCUT2D eigenvalue weighted by Crippen LogP contribution is -2.50. The van der Waals surface area contributed by atoms with Crippen LogP contribution in [-0.4, -0.2) is 38.8 Å². The summed E-state index contributed by atoms with van der Waals surface area (Å²) in [6.07, 6.45) is 0.235. The van der Waals surface area contributed by atoms with Crippen LogP contribution in [0.4, 0.5) is 0 Å². The van der Waals surface area contributed by atoms with E-state index in [9.17, 15) is 29.7 Å². The molecule has 0 saturated heterocycles. The Labute approximate surface area is 143 Å². The highest BCUT2D eigenvalue weighted by Crippen LogP contribution is 2.56. The maximum Gasteiger partial charge on any atom is 0.167 e. The van der Waals surface area contributed by atoms with E-state index < -0.39 is 46.3 Å². The zero-order chi connectivity index (χ0) is 18.8. The van der Waals surface area contributed by atoms with Crippen molar-refractivity contribution in [3.8, 4) is 17.2 Å². The zero-order valence-corrected chi connectivity index (χ0v) is 14.2. The number of aliphatic hydroxyl groups excluding tert-OH is 1. The lowest BCUT2D eigenvalue weighted by Gasteiger charge is -2.34. The minimum atomic E-state index is -1.47. The van der Waals surface area contributed by atoms with Gasteiger partial charge in [0, 0.05) is 5.56 Å². The van der Waals surface area contributed by atoms with Gasteiger partial charge in [-0.25, -0.2) is 0 Å². The fourth-order valence-corrected chi connectivity index (χ4v) is 3.68. The number of aliphatic hydroxyl groups is 1. The third kappa shape index (κ3) is 1.95. The van der Waals surface area contributed by atoms with Crippen LogP contribution in [0.2, 0.25) is 0 Å². The topological polar surface area (TPSA) is 121 Å². The normalized spacial score (nSPS) is 27.2. The van der Waals surface area contributed by atoms with Crippen LogP contribution in [-0.2, 0) is 15.0 Å². The number of aromatic hydroxyl groups is 2. The summed E-state index contributed by atoms with van der Waals surface area (Å²) >= 11 is 0. The maximum absolute atomic E-state index is 13.0. The van der Waals surface area contributed by atoms with Crippen molar-refractivity contribution in [1.29, 1.82) is 0 Å². The van der Waals surface area contributed by atoms with E-state index in [1.54, 1.807) is 0 Å². The molecular weight excluding hydrogens is 328 g/mol. The Morgan fingerprint density at radius 3 is 2.28 bits per heavy atom. The number of phenolic OH excluding ortho intramolecular Hbond substituents is 2. The summed E-state index contributed by atoms with van der Waals surface area (Å²) in [6, 6.07) is 0. The molecule has 132 valence electrons. The molecule has 2 unspecified atom stereocenters. The Morgan fingerprint density at radius 2 is 1.76 bits per heavy atom. The van der Waals surface area contributed by atoms with Gasteiger partial charge >= 0.3 is 0 Å². The van der Waals surface area contributed by atoms with Gasteiger partial charge in [-0.2, -0.15) is 0 Å². The second-order valence-electron chi connectivity index (χ2n) is 6.70. The molecule has 0 saturated carbocycles. The molecule has 1 aromatic rings. The molecule has 0 radical (unpaired) electrons. The second-order valence-corrected chi connectivity index (χ2v) is 6.70. The van der Waals surface area contributed by atoms with Crippen molar-refractivity contribution in [3.05, 3.63) is 28.5 Å². The van der Waals surface area contributed by atoms with Crippen LogP contribution < -0.4 is 4.74 Å². The van der Waals surface area contributed by atoms with E-state index in [0.29, 0.717) is 0 Å². The standard InChI is InChI=1S/C18H18O7/c1-6-14(22)12(8(3)20)16-13(15(6)23)18(4)10(25-16)5-9(21)11(7(2)19)17(18)24/h5,10-11,21-23H,1-4H3/t10?,11-,18?/m1/s1. The molecular formula is C18H18O7. The number of hydrogen-bond acceptors (Lipinski definition) is 7. The summed E-state index contributed by atoms with van der Waals surface area (Å²) in [5.41, 5.74) is -1.51. The highest BCUT2D eigenvalue weighted by Gasteiger charge is 2.59. The van der Waals surface area contributed by atoms with Gasteiger partial charge in [-0.1, -0.05) is 0 Å². The first-order valence-corrected chi connectivity index (χ1v) is 7.75. The lowest BCUT2D eigenvalue weighted by molar-refractivity contribution is -0.136. The summed E-state index contributed by atoms with van der Waals surface area (Å²) in [5, 5.41) is 30.8. The van der Waals surface area contributed by atoms with Gasteiger partial charge in [-0.15, -0.1) is 0 Å².